The van der Waals surface area contributed by atoms with Crippen molar-refractivity contribution in [2.24, 2.45) is 0 Å². The molecule has 0 unspecified atom stereocenters. The number of fused-ring (bicyclic) bond motifs is 2. The molecule has 0 spiro atoms. The number of aromatic nitrogens is 6. The Morgan fingerprint density at radius 3 is 2.50 bits per heavy atom. The lowest BCUT2D eigenvalue weighted by atomic mass is 10.1. The second-order valence-electron chi connectivity index (χ2n) is 8.05. The van der Waals surface area contributed by atoms with Gasteiger partial charge in [-0.15, -0.1) is 0 Å². The van der Waals surface area contributed by atoms with Crippen LogP contribution in [0.15, 0.2) is 64.4 Å². The largest absolute Gasteiger partial charge is 0.481 e. The Balaban J connectivity index is 1.62. The van der Waals surface area contributed by atoms with Gasteiger partial charge in [-0.1, -0.05) is 30.3 Å². The summed E-state index contributed by atoms with van der Waals surface area (Å²) in [5.74, 6) is -0.293. The lowest BCUT2D eigenvalue weighted by molar-refractivity contribution is -0.136. The zero-order valence-corrected chi connectivity index (χ0v) is 18.4. The van der Waals surface area contributed by atoms with Crippen LogP contribution in [0.5, 0.6) is 0 Å². The fourth-order valence-corrected chi connectivity index (χ4v) is 4.17. The van der Waals surface area contributed by atoms with Crippen molar-refractivity contribution < 1.29 is 9.90 Å². The molecule has 0 amide bonds. The smallest absolute Gasteiger partial charge is 0.330 e. The minimum atomic E-state index is -0.896. The molecule has 10 heteroatoms. The molecule has 4 aromatic heterocycles. The lowest BCUT2D eigenvalue weighted by Crippen LogP contribution is -2.30. The van der Waals surface area contributed by atoms with E-state index < -0.39 is 17.2 Å². The van der Waals surface area contributed by atoms with Crippen molar-refractivity contribution in [3.05, 3.63) is 98.3 Å². The van der Waals surface area contributed by atoms with E-state index in [9.17, 15) is 14.4 Å². The van der Waals surface area contributed by atoms with Crippen molar-refractivity contribution in [2.75, 3.05) is 0 Å². The molecule has 0 saturated carbocycles. The summed E-state index contributed by atoms with van der Waals surface area (Å²) in [5.41, 5.74) is 2.79. The van der Waals surface area contributed by atoms with Crippen molar-refractivity contribution in [3.63, 3.8) is 0 Å². The highest BCUT2D eigenvalue weighted by atomic mass is 16.4. The maximum Gasteiger partial charge on any atom is 0.330 e. The van der Waals surface area contributed by atoms with Crippen LogP contribution in [0.1, 0.15) is 29.6 Å². The first-order valence-corrected chi connectivity index (χ1v) is 10.9. The Bertz CT molecular complexity index is 1610. The van der Waals surface area contributed by atoms with Gasteiger partial charge < -0.3 is 14.1 Å². The van der Waals surface area contributed by atoms with Gasteiger partial charge in [0.1, 0.15) is 11.5 Å². The number of rotatable bonds is 7. The van der Waals surface area contributed by atoms with Crippen molar-refractivity contribution in [3.8, 4) is 0 Å². The molecule has 172 valence electrons. The molecule has 0 radical (unpaired) electrons. The SMILES string of the molecule is CCn1c(=O)[nH]c(=O)c2c1nc(Cc1cn3ccccc3n1)n2Cc1ccc(CC(=O)O)cc1. The van der Waals surface area contributed by atoms with E-state index in [1.165, 1.54) is 4.57 Å². The summed E-state index contributed by atoms with van der Waals surface area (Å²) in [7, 11) is 0. The van der Waals surface area contributed by atoms with Crippen LogP contribution >= 0.6 is 0 Å². The summed E-state index contributed by atoms with van der Waals surface area (Å²) in [4.78, 5) is 47.9. The van der Waals surface area contributed by atoms with E-state index in [1.807, 2.05) is 54.0 Å². The first-order valence-electron chi connectivity index (χ1n) is 10.9. The number of aryl methyl sites for hydroxylation is 1. The van der Waals surface area contributed by atoms with Gasteiger partial charge >= 0.3 is 11.7 Å². The van der Waals surface area contributed by atoms with Crippen LogP contribution in [0.2, 0.25) is 0 Å². The average Bonchev–Trinajstić information content (AvgIpc) is 3.36. The van der Waals surface area contributed by atoms with Gasteiger partial charge in [0.2, 0.25) is 0 Å². The maximum absolute atomic E-state index is 12.8. The summed E-state index contributed by atoms with van der Waals surface area (Å²) in [6.45, 7) is 2.51. The number of H-pyrrole nitrogens is 1. The highest BCUT2D eigenvalue weighted by molar-refractivity contribution is 5.71. The lowest BCUT2D eigenvalue weighted by Gasteiger charge is -2.09. The van der Waals surface area contributed by atoms with E-state index in [1.54, 1.807) is 16.7 Å². The Labute approximate surface area is 192 Å². The second-order valence-corrected chi connectivity index (χ2v) is 8.05. The third kappa shape index (κ3) is 3.90. The van der Waals surface area contributed by atoms with Gasteiger partial charge in [-0.05, 0) is 30.2 Å². The van der Waals surface area contributed by atoms with E-state index in [-0.39, 0.29) is 6.42 Å². The molecule has 0 atom stereocenters. The highest BCUT2D eigenvalue weighted by Crippen LogP contribution is 2.18. The third-order valence-electron chi connectivity index (χ3n) is 5.75. The molecular formula is C24H22N6O4. The van der Waals surface area contributed by atoms with Crippen molar-refractivity contribution in [2.45, 2.75) is 32.9 Å². The monoisotopic (exact) mass is 458 g/mol. The molecule has 0 bridgehead atoms. The molecule has 0 aliphatic carbocycles. The molecule has 34 heavy (non-hydrogen) atoms. The average molecular weight is 458 g/mol. The molecule has 5 aromatic rings. The normalized spacial score (nSPS) is 11.4. The molecule has 0 aliphatic rings. The molecule has 1 aromatic carbocycles. The number of nitrogens with zero attached hydrogens (tertiary/aromatic N) is 5. The van der Waals surface area contributed by atoms with Crippen LogP contribution in [-0.2, 0) is 30.7 Å². The van der Waals surface area contributed by atoms with Gasteiger partial charge in [0.25, 0.3) is 5.56 Å². The summed E-state index contributed by atoms with van der Waals surface area (Å²) in [5, 5.41) is 9.01. The highest BCUT2D eigenvalue weighted by Gasteiger charge is 2.19. The minimum Gasteiger partial charge on any atom is -0.481 e. The molecule has 0 fully saturated rings. The van der Waals surface area contributed by atoms with Gasteiger partial charge in [-0.3, -0.25) is 19.1 Å². The zero-order chi connectivity index (χ0) is 23.8. The topological polar surface area (TPSA) is 127 Å². The van der Waals surface area contributed by atoms with Crippen molar-refractivity contribution in [1.29, 1.82) is 0 Å². The van der Waals surface area contributed by atoms with Crippen LogP contribution < -0.4 is 11.2 Å². The number of carboxylic acids is 1. The predicted molar refractivity (Wildman–Crippen MR) is 125 cm³/mol. The standard InChI is InChI=1S/C24H22N6O4/c1-2-29-22-21(23(33)27-24(29)34)30(13-16-8-6-15(7-9-16)11-20(31)32)19(26-22)12-17-14-28-10-4-3-5-18(28)25-17/h3-10,14H,2,11-13H2,1H3,(H,31,32)(H,27,33,34). The number of aliphatic carboxylic acids is 1. The van der Waals surface area contributed by atoms with E-state index in [4.69, 9.17) is 10.1 Å². The predicted octanol–water partition coefficient (Wildman–Crippen LogP) is 1.82. The summed E-state index contributed by atoms with van der Waals surface area (Å²) >= 11 is 0. The van der Waals surface area contributed by atoms with E-state index in [2.05, 4.69) is 9.97 Å². The molecule has 5 rings (SSSR count). The van der Waals surface area contributed by atoms with Crippen LogP contribution in [0, 0.1) is 0 Å². The van der Waals surface area contributed by atoms with Gasteiger partial charge in [0.15, 0.2) is 11.2 Å². The Morgan fingerprint density at radius 1 is 1.03 bits per heavy atom. The molecular weight excluding hydrogens is 436 g/mol. The summed E-state index contributed by atoms with van der Waals surface area (Å²) in [6.07, 6.45) is 4.13. The number of benzene rings is 1. The number of aromatic amines is 1. The van der Waals surface area contributed by atoms with Gasteiger partial charge in [0.05, 0.1) is 12.1 Å². The van der Waals surface area contributed by atoms with Crippen molar-refractivity contribution in [1.82, 2.24) is 28.5 Å². The number of hydrogen-bond donors (Lipinski definition) is 2. The third-order valence-corrected chi connectivity index (χ3v) is 5.75. The fourth-order valence-electron chi connectivity index (χ4n) is 4.17. The van der Waals surface area contributed by atoms with Crippen LogP contribution in [0.25, 0.3) is 16.8 Å². The number of carbonyl (C=O) groups is 1. The first-order chi connectivity index (χ1) is 16.4. The zero-order valence-electron chi connectivity index (χ0n) is 18.4. The first kappa shape index (κ1) is 21.4. The number of carboxylic acid groups (broad SMARTS) is 1. The number of nitrogens with one attached hydrogen (secondary N) is 1. The quantitative estimate of drug-likeness (QED) is 0.383. The molecule has 2 N–H and O–H groups in total. The van der Waals surface area contributed by atoms with Crippen molar-refractivity contribution >= 4 is 22.8 Å². The minimum absolute atomic E-state index is 0.0597. The van der Waals surface area contributed by atoms with E-state index in [0.717, 1.165) is 16.9 Å². The Hall–Kier alpha value is -4.47. The number of pyridine rings is 1. The van der Waals surface area contributed by atoms with Gasteiger partial charge in [0, 0.05) is 31.9 Å². The van der Waals surface area contributed by atoms with Gasteiger partial charge in [-0.2, -0.15) is 0 Å². The summed E-state index contributed by atoms with van der Waals surface area (Å²) in [6, 6.07) is 12.9. The Kier molecular flexibility index (Phi) is 5.33. The second kappa shape index (κ2) is 8.47. The van der Waals surface area contributed by atoms with Crippen LogP contribution in [0.3, 0.4) is 0 Å². The maximum atomic E-state index is 12.8. The Morgan fingerprint density at radius 2 is 1.79 bits per heavy atom. The summed E-state index contributed by atoms with van der Waals surface area (Å²) < 4.78 is 5.16. The number of hydrogen-bond acceptors (Lipinski definition) is 5. The van der Waals surface area contributed by atoms with Gasteiger partial charge in [-0.25, -0.2) is 14.8 Å². The van der Waals surface area contributed by atoms with E-state index in [0.29, 0.717) is 42.1 Å². The van der Waals surface area contributed by atoms with Crippen LogP contribution in [0.4, 0.5) is 0 Å². The molecule has 0 saturated heterocycles. The van der Waals surface area contributed by atoms with Crippen LogP contribution in [-0.4, -0.2) is 39.6 Å². The van der Waals surface area contributed by atoms with E-state index >= 15 is 0 Å². The molecule has 0 aliphatic heterocycles. The molecule has 10 nitrogen and oxygen atoms in total. The fraction of sp³-hybridized carbons (Fsp3) is 0.208. The molecule has 4 heterocycles. The number of imidazole rings is 2.